The lowest BCUT2D eigenvalue weighted by molar-refractivity contribution is 0.0704. The average molecular weight is 172 g/mol. The number of hydrogen-bond acceptors (Lipinski definition) is 4. The molecule has 0 spiro atoms. The summed E-state index contributed by atoms with van der Waals surface area (Å²) >= 11 is 1.54. The SMILES string of the molecule is CC(O)(CN)Cc1cncs1. The standard InChI is InChI=1S/C7H12N2OS/c1-7(10,4-8)2-6-3-9-5-11-6/h3,5,10H,2,4,8H2,1H3. The van der Waals surface area contributed by atoms with Crippen molar-refractivity contribution in [3.05, 3.63) is 16.6 Å². The molecule has 1 aromatic heterocycles. The Morgan fingerprint density at radius 3 is 3.00 bits per heavy atom. The second-order valence-corrected chi connectivity index (χ2v) is 3.82. The molecule has 1 atom stereocenters. The first-order valence-electron chi connectivity index (χ1n) is 3.44. The minimum absolute atomic E-state index is 0.283. The average Bonchev–Trinajstić information content (AvgIpc) is 2.39. The van der Waals surface area contributed by atoms with Gasteiger partial charge in [-0.2, -0.15) is 0 Å². The largest absolute Gasteiger partial charge is 0.388 e. The third-order valence-electron chi connectivity index (χ3n) is 1.48. The highest BCUT2D eigenvalue weighted by atomic mass is 32.1. The molecule has 11 heavy (non-hydrogen) atoms. The third kappa shape index (κ3) is 2.57. The molecule has 0 aromatic carbocycles. The van der Waals surface area contributed by atoms with Crippen LogP contribution in [0.5, 0.6) is 0 Å². The molecule has 62 valence electrons. The highest BCUT2D eigenvalue weighted by molar-refractivity contribution is 7.09. The third-order valence-corrected chi connectivity index (χ3v) is 2.26. The van der Waals surface area contributed by atoms with Gasteiger partial charge in [0.1, 0.15) is 0 Å². The van der Waals surface area contributed by atoms with Crippen LogP contribution in [0.15, 0.2) is 11.7 Å². The van der Waals surface area contributed by atoms with Crippen molar-refractivity contribution in [2.24, 2.45) is 5.73 Å². The fourth-order valence-electron chi connectivity index (χ4n) is 0.777. The topological polar surface area (TPSA) is 59.1 Å². The van der Waals surface area contributed by atoms with Gasteiger partial charge in [0.05, 0.1) is 11.1 Å². The second kappa shape index (κ2) is 3.30. The normalized spacial score (nSPS) is 16.3. The molecule has 0 radical (unpaired) electrons. The van der Waals surface area contributed by atoms with E-state index < -0.39 is 5.60 Å². The van der Waals surface area contributed by atoms with Gasteiger partial charge in [-0.3, -0.25) is 4.98 Å². The number of nitrogens with two attached hydrogens (primary N) is 1. The van der Waals surface area contributed by atoms with Gasteiger partial charge in [-0.1, -0.05) is 0 Å². The Bertz CT molecular complexity index is 208. The molecule has 3 nitrogen and oxygen atoms in total. The summed E-state index contributed by atoms with van der Waals surface area (Å²) in [5.74, 6) is 0. The van der Waals surface area contributed by atoms with E-state index in [0.29, 0.717) is 6.42 Å². The smallest absolute Gasteiger partial charge is 0.0794 e. The van der Waals surface area contributed by atoms with Crippen molar-refractivity contribution in [1.29, 1.82) is 0 Å². The molecule has 1 heterocycles. The van der Waals surface area contributed by atoms with E-state index in [2.05, 4.69) is 4.98 Å². The van der Waals surface area contributed by atoms with Crippen LogP contribution in [0.1, 0.15) is 11.8 Å². The summed E-state index contributed by atoms with van der Waals surface area (Å²) in [7, 11) is 0. The summed E-state index contributed by atoms with van der Waals surface area (Å²) in [6.45, 7) is 2.01. The van der Waals surface area contributed by atoms with Crippen LogP contribution >= 0.6 is 11.3 Å². The number of rotatable bonds is 3. The van der Waals surface area contributed by atoms with Gasteiger partial charge in [0.15, 0.2) is 0 Å². The van der Waals surface area contributed by atoms with Crippen LogP contribution in [-0.4, -0.2) is 22.2 Å². The van der Waals surface area contributed by atoms with Gasteiger partial charge >= 0.3 is 0 Å². The summed E-state index contributed by atoms with van der Waals surface area (Å²) in [5.41, 5.74) is 6.32. The molecular formula is C7H12N2OS. The Balaban J connectivity index is 2.56. The van der Waals surface area contributed by atoms with E-state index in [0.717, 1.165) is 4.88 Å². The number of nitrogens with zero attached hydrogens (tertiary/aromatic N) is 1. The Labute approximate surface area is 69.9 Å². The second-order valence-electron chi connectivity index (χ2n) is 2.85. The monoisotopic (exact) mass is 172 g/mol. The van der Waals surface area contributed by atoms with Crippen molar-refractivity contribution in [3.63, 3.8) is 0 Å². The highest BCUT2D eigenvalue weighted by Crippen LogP contribution is 2.14. The van der Waals surface area contributed by atoms with E-state index in [1.807, 2.05) is 0 Å². The maximum Gasteiger partial charge on any atom is 0.0794 e. The summed E-state index contributed by atoms with van der Waals surface area (Å²) < 4.78 is 0. The molecule has 1 unspecified atom stereocenters. The van der Waals surface area contributed by atoms with E-state index in [1.165, 1.54) is 11.3 Å². The van der Waals surface area contributed by atoms with Gasteiger partial charge in [-0.15, -0.1) is 11.3 Å². The molecular weight excluding hydrogens is 160 g/mol. The predicted octanol–water partition coefficient (Wildman–Crippen LogP) is 0.395. The van der Waals surface area contributed by atoms with Gasteiger partial charge in [0, 0.05) is 24.0 Å². The molecule has 0 fully saturated rings. The minimum atomic E-state index is -0.785. The quantitative estimate of drug-likeness (QED) is 0.693. The number of aromatic nitrogens is 1. The number of hydrogen-bond donors (Lipinski definition) is 2. The molecule has 0 aliphatic rings. The molecule has 0 aliphatic heterocycles. The first kappa shape index (κ1) is 8.64. The minimum Gasteiger partial charge on any atom is -0.388 e. The number of aliphatic hydroxyl groups is 1. The van der Waals surface area contributed by atoms with Gasteiger partial charge in [-0.05, 0) is 6.92 Å². The maximum absolute atomic E-state index is 9.55. The molecule has 1 rings (SSSR count). The Kier molecular flexibility index (Phi) is 2.59. The van der Waals surface area contributed by atoms with E-state index in [1.54, 1.807) is 18.6 Å². The molecule has 1 aromatic rings. The van der Waals surface area contributed by atoms with Crippen LogP contribution in [0.4, 0.5) is 0 Å². The van der Waals surface area contributed by atoms with Crippen molar-refractivity contribution in [1.82, 2.24) is 4.98 Å². The van der Waals surface area contributed by atoms with Crippen molar-refractivity contribution >= 4 is 11.3 Å². The molecule has 0 saturated carbocycles. The summed E-state index contributed by atoms with van der Waals surface area (Å²) in [5, 5.41) is 9.55. The van der Waals surface area contributed by atoms with Gasteiger partial charge in [0.2, 0.25) is 0 Å². The summed E-state index contributed by atoms with van der Waals surface area (Å²) in [6, 6.07) is 0. The lowest BCUT2D eigenvalue weighted by Crippen LogP contribution is -2.36. The molecule has 0 saturated heterocycles. The van der Waals surface area contributed by atoms with Crippen molar-refractivity contribution in [2.75, 3.05) is 6.54 Å². The van der Waals surface area contributed by atoms with E-state index in [9.17, 15) is 5.11 Å². The lowest BCUT2D eigenvalue weighted by Gasteiger charge is -2.19. The fraction of sp³-hybridized carbons (Fsp3) is 0.571. The Morgan fingerprint density at radius 1 is 1.82 bits per heavy atom. The molecule has 0 aliphatic carbocycles. The fourth-order valence-corrected chi connectivity index (χ4v) is 1.55. The van der Waals surface area contributed by atoms with Crippen molar-refractivity contribution < 1.29 is 5.11 Å². The van der Waals surface area contributed by atoms with Crippen LogP contribution in [0.25, 0.3) is 0 Å². The van der Waals surface area contributed by atoms with E-state index >= 15 is 0 Å². The Morgan fingerprint density at radius 2 is 2.55 bits per heavy atom. The zero-order valence-corrected chi connectivity index (χ0v) is 7.27. The van der Waals surface area contributed by atoms with E-state index in [-0.39, 0.29) is 6.54 Å². The van der Waals surface area contributed by atoms with Gasteiger partial charge in [0.25, 0.3) is 0 Å². The number of thiazole rings is 1. The van der Waals surface area contributed by atoms with Crippen LogP contribution in [-0.2, 0) is 6.42 Å². The lowest BCUT2D eigenvalue weighted by atomic mass is 10.0. The predicted molar refractivity (Wildman–Crippen MR) is 45.5 cm³/mol. The van der Waals surface area contributed by atoms with Crippen LogP contribution < -0.4 is 5.73 Å². The van der Waals surface area contributed by atoms with Gasteiger partial charge in [-0.25, -0.2) is 0 Å². The maximum atomic E-state index is 9.55. The van der Waals surface area contributed by atoms with Crippen LogP contribution in [0.2, 0.25) is 0 Å². The zero-order valence-electron chi connectivity index (χ0n) is 6.45. The Hall–Kier alpha value is -0.450. The first-order valence-corrected chi connectivity index (χ1v) is 4.32. The first-order chi connectivity index (χ1) is 5.14. The highest BCUT2D eigenvalue weighted by Gasteiger charge is 2.18. The van der Waals surface area contributed by atoms with Crippen LogP contribution in [0, 0.1) is 0 Å². The summed E-state index contributed by atoms with van der Waals surface area (Å²) in [6.07, 6.45) is 2.35. The van der Waals surface area contributed by atoms with Crippen molar-refractivity contribution in [3.8, 4) is 0 Å². The molecule has 4 heteroatoms. The molecule has 3 N–H and O–H groups in total. The summed E-state index contributed by atoms with van der Waals surface area (Å²) in [4.78, 5) is 4.98. The van der Waals surface area contributed by atoms with Crippen LogP contribution in [0.3, 0.4) is 0 Å². The zero-order chi connectivity index (χ0) is 8.32. The molecule has 0 amide bonds. The van der Waals surface area contributed by atoms with Gasteiger partial charge < -0.3 is 10.8 Å². The van der Waals surface area contributed by atoms with Crippen molar-refractivity contribution in [2.45, 2.75) is 18.9 Å². The molecule has 0 bridgehead atoms. The van der Waals surface area contributed by atoms with E-state index in [4.69, 9.17) is 5.73 Å².